The second-order valence-corrected chi connectivity index (χ2v) is 5.64. The summed E-state index contributed by atoms with van der Waals surface area (Å²) in [4.78, 5) is 12.6. The maximum atomic E-state index is 12.6. The molecule has 0 spiro atoms. The number of ketones is 1. The molecule has 1 fully saturated rings. The summed E-state index contributed by atoms with van der Waals surface area (Å²) >= 11 is 12.1. The molecule has 1 nitrogen and oxygen atoms in total. The molecule has 0 saturated heterocycles. The topological polar surface area (TPSA) is 17.1 Å². The van der Waals surface area contributed by atoms with Gasteiger partial charge in [-0.15, -0.1) is 0 Å². The number of carbonyl (C=O) groups is 1. The summed E-state index contributed by atoms with van der Waals surface area (Å²) in [6, 6.07) is 5.12. The average molecular weight is 271 g/mol. The summed E-state index contributed by atoms with van der Waals surface area (Å²) in [7, 11) is 0. The largest absolute Gasteiger partial charge is 0.294 e. The molecule has 1 aliphatic carbocycles. The lowest BCUT2D eigenvalue weighted by Crippen LogP contribution is -2.27. The smallest absolute Gasteiger partial charge is 0.170 e. The Morgan fingerprint density at radius 3 is 2.53 bits per heavy atom. The quantitative estimate of drug-likeness (QED) is 0.695. The normalized spacial score (nSPS) is 18.3. The maximum absolute atomic E-state index is 12.6. The van der Waals surface area contributed by atoms with Crippen molar-refractivity contribution in [3.8, 4) is 0 Å². The minimum Gasteiger partial charge on any atom is -0.294 e. The predicted molar refractivity (Wildman–Crippen MR) is 72.0 cm³/mol. The summed E-state index contributed by atoms with van der Waals surface area (Å²) < 4.78 is 0. The van der Waals surface area contributed by atoms with E-state index in [1.54, 1.807) is 18.2 Å². The lowest BCUT2D eigenvalue weighted by molar-refractivity contribution is 0.0791. The number of rotatable bonds is 3. The van der Waals surface area contributed by atoms with E-state index in [4.69, 9.17) is 23.2 Å². The molecule has 2 rings (SSSR count). The highest BCUT2D eigenvalue weighted by Crippen LogP contribution is 2.44. The van der Waals surface area contributed by atoms with E-state index < -0.39 is 0 Å². The molecule has 0 bridgehead atoms. The first-order valence-electron chi connectivity index (χ1n) is 6.09. The van der Waals surface area contributed by atoms with Crippen molar-refractivity contribution in [2.24, 2.45) is 5.41 Å². The van der Waals surface area contributed by atoms with Gasteiger partial charge in [0, 0.05) is 16.0 Å². The average Bonchev–Trinajstić information content (AvgIpc) is 2.81. The van der Waals surface area contributed by atoms with Crippen LogP contribution in [0.25, 0.3) is 0 Å². The molecule has 0 N–H and O–H groups in total. The fraction of sp³-hybridized carbons (Fsp3) is 0.500. The highest BCUT2D eigenvalue weighted by molar-refractivity contribution is 6.36. The molecular formula is C14H16Cl2O. The maximum Gasteiger partial charge on any atom is 0.170 e. The minimum absolute atomic E-state index is 0.171. The monoisotopic (exact) mass is 270 g/mol. The molecule has 0 unspecified atom stereocenters. The van der Waals surface area contributed by atoms with Gasteiger partial charge in [-0.3, -0.25) is 4.79 Å². The van der Waals surface area contributed by atoms with E-state index >= 15 is 0 Å². The molecule has 17 heavy (non-hydrogen) atoms. The molecule has 0 aliphatic heterocycles. The first-order valence-corrected chi connectivity index (χ1v) is 6.84. The summed E-state index contributed by atoms with van der Waals surface area (Å²) in [5, 5.41) is 1.08. The van der Waals surface area contributed by atoms with Gasteiger partial charge in [-0.2, -0.15) is 0 Å². The molecule has 1 saturated carbocycles. The summed E-state index contributed by atoms with van der Waals surface area (Å²) in [6.07, 6.45) is 5.11. The number of carbonyl (C=O) groups excluding carboxylic acids is 1. The van der Waals surface area contributed by atoms with Crippen LogP contribution in [0.2, 0.25) is 10.0 Å². The summed E-state index contributed by atoms with van der Waals surface area (Å²) in [5.74, 6) is 0.171. The highest BCUT2D eigenvalue weighted by Gasteiger charge is 2.40. The van der Waals surface area contributed by atoms with E-state index in [0.717, 1.165) is 32.1 Å². The van der Waals surface area contributed by atoms with Crippen LogP contribution in [0.5, 0.6) is 0 Å². The third-order valence-corrected chi connectivity index (χ3v) is 4.46. The van der Waals surface area contributed by atoms with Crippen LogP contribution in [0.3, 0.4) is 0 Å². The zero-order valence-corrected chi connectivity index (χ0v) is 11.4. The van der Waals surface area contributed by atoms with Crippen molar-refractivity contribution in [3.05, 3.63) is 33.8 Å². The molecular weight excluding hydrogens is 255 g/mol. The van der Waals surface area contributed by atoms with Crippen LogP contribution in [0, 0.1) is 5.41 Å². The van der Waals surface area contributed by atoms with E-state index in [9.17, 15) is 4.79 Å². The van der Waals surface area contributed by atoms with Gasteiger partial charge in [-0.05, 0) is 37.5 Å². The lowest BCUT2D eigenvalue weighted by atomic mass is 9.76. The van der Waals surface area contributed by atoms with Gasteiger partial charge >= 0.3 is 0 Å². The first kappa shape index (κ1) is 12.9. The fourth-order valence-corrected chi connectivity index (χ4v) is 3.13. The highest BCUT2D eigenvalue weighted by atomic mass is 35.5. The second kappa shape index (κ2) is 4.99. The number of hydrogen-bond acceptors (Lipinski definition) is 1. The van der Waals surface area contributed by atoms with Crippen molar-refractivity contribution in [2.75, 3.05) is 0 Å². The second-order valence-electron chi connectivity index (χ2n) is 4.79. The fourth-order valence-electron chi connectivity index (χ4n) is 2.75. The van der Waals surface area contributed by atoms with Crippen molar-refractivity contribution in [3.63, 3.8) is 0 Å². The Labute approximate surface area is 112 Å². The number of halogens is 2. The van der Waals surface area contributed by atoms with Crippen molar-refractivity contribution in [1.82, 2.24) is 0 Å². The molecule has 0 heterocycles. The van der Waals surface area contributed by atoms with Gasteiger partial charge in [0.05, 0.1) is 5.02 Å². The molecule has 1 aromatic rings. The van der Waals surface area contributed by atoms with Crippen LogP contribution < -0.4 is 0 Å². The van der Waals surface area contributed by atoms with Crippen molar-refractivity contribution in [1.29, 1.82) is 0 Å². The molecule has 3 heteroatoms. The van der Waals surface area contributed by atoms with Crippen LogP contribution in [-0.2, 0) is 0 Å². The van der Waals surface area contributed by atoms with E-state index in [0.29, 0.717) is 15.6 Å². The van der Waals surface area contributed by atoms with Gasteiger partial charge in [0.2, 0.25) is 0 Å². The number of hydrogen-bond donors (Lipinski definition) is 0. The Hall–Kier alpha value is -0.530. The standard InChI is InChI=1S/C14H16Cl2O/c1-2-14(7-3-4-8-14)13(17)11-9-10(15)5-6-12(11)16/h5-6,9H,2-4,7-8H2,1H3. The molecule has 1 aromatic carbocycles. The zero-order chi connectivity index (χ0) is 12.5. The van der Waals surface area contributed by atoms with Gasteiger partial charge < -0.3 is 0 Å². The molecule has 0 radical (unpaired) electrons. The molecule has 1 aliphatic rings. The Kier molecular flexibility index (Phi) is 3.79. The molecule has 0 amide bonds. The number of benzene rings is 1. The van der Waals surface area contributed by atoms with Crippen molar-refractivity contribution in [2.45, 2.75) is 39.0 Å². The Bertz CT molecular complexity index is 434. The van der Waals surface area contributed by atoms with Gasteiger partial charge in [-0.25, -0.2) is 0 Å². The summed E-state index contributed by atoms with van der Waals surface area (Å²) in [6.45, 7) is 2.08. The zero-order valence-electron chi connectivity index (χ0n) is 9.93. The van der Waals surface area contributed by atoms with Gasteiger partial charge in [-0.1, -0.05) is 43.0 Å². The van der Waals surface area contributed by atoms with Crippen LogP contribution in [0.1, 0.15) is 49.4 Å². The Morgan fingerprint density at radius 2 is 1.94 bits per heavy atom. The van der Waals surface area contributed by atoms with E-state index in [-0.39, 0.29) is 11.2 Å². The third kappa shape index (κ3) is 2.36. The van der Waals surface area contributed by atoms with Crippen molar-refractivity contribution < 1.29 is 4.79 Å². The van der Waals surface area contributed by atoms with Gasteiger partial charge in [0.1, 0.15) is 0 Å². The molecule has 92 valence electrons. The van der Waals surface area contributed by atoms with Crippen LogP contribution >= 0.6 is 23.2 Å². The van der Waals surface area contributed by atoms with Gasteiger partial charge in [0.25, 0.3) is 0 Å². The Morgan fingerprint density at radius 1 is 1.29 bits per heavy atom. The molecule has 0 aromatic heterocycles. The van der Waals surface area contributed by atoms with Crippen LogP contribution in [0.4, 0.5) is 0 Å². The summed E-state index contributed by atoms with van der Waals surface area (Å²) in [5.41, 5.74) is 0.386. The van der Waals surface area contributed by atoms with Crippen LogP contribution in [0.15, 0.2) is 18.2 Å². The molecule has 0 atom stereocenters. The number of Topliss-reactive ketones (excluding diaryl/α,β-unsaturated/α-hetero) is 1. The van der Waals surface area contributed by atoms with Gasteiger partial charge in [0.15, 0.2) is 5.78 Å². The third-order valence-electron chi connectivity index (χ3n) is 3.89. The van der Waals surface area contributed by atoms with Crippen LogP contribution in [-0.4, -0.2) is 5.78 Å². The van der Waals surface area contributed by atoms with E-state index in [2.05, 4.69) is 6.92 Å². The van der Waals surface area contributed by atoms with E-state index in [1.165, 1.54) is 0 Å². The first-order chi connectivity index (χ1) is 8.09. The van der Waals surface area contributed by atoms with Crippen molar-refractivity contribution >= 4 is 29.0 Å². The lowest BCUT2D eigenvalue weighted by Gasteiger charge is -2.26. The SMILES string of the molecule is CCC1(C(=O)c2cc(Cl)ccc2Cl)CCCC1. The minimum atomic E-state index is -0.200. The predicted octanol–water partition coefficient (Wildman–Crippen LogP) is 5.15. The van der Waals surface area contributed by atoms with E-state index in [1.807, 2.05) is 0 Å². The Balaban J connectivity index is 2.39.